The molecule has 0 saturated heterocycles. The van der Waals surface area contributed by atoms with E-state index in [2.05, 4.69) is 5.10 Å². The number of fused-ring (bicyclic) bond motifs is 1. The number of hydrazone groups is 1. The van der Waals surface area contributed by atoms with E-state index in [4.69, 9.17) is 11.6 Å². The molecule has 4 aromatic rings. The number of phenols is 1. The van der Waals surface area contributed by atoms with Gasteiger partial charge in [-0.3, -0.25) is 25.2 Å². The predicted molar refractivity (Wildman–Crippen MR) is 133 cm³/mol. The number of hydrogen-bond acceptors (Lipinski definition) is 7. The van der Waals surface area contributed by atoms with Crippen LogP contribution in [0.1, 0.15) is 23.6 Å². The molecule has 1 heterocycles. The summed E-state index contributed by atoms with van der Waals surface area (Å²) in [6.45, 7) is 0. The lowest BCUT2D eigenvalue weighted by Crippen LogP contribution is -2.19. The number of halogens is 1. The van der Waals surface area contributed by atoms with Crippen LogP contribution in [0.4, 0.5) is 17.1 Å². The van der Waals surface area contributed by atoms with Crippen molar-refractivity contribution in [3.63, 3.8) is 0 Å². The predicted octanol–water partition coefficient (Wildman–Crippen LogP) is 6.37. The van der Waals surface area contributed by atoms with Crippen LogP contribution in [0.3, 0.4) is 0 Å². The van der Waals surface area contributed by atoms with Crippen molar-refractivity contribution in [3.05, 3.63) is 115 Å². The molecule has 9 nitrogen and oxygen atoms in total. The zero-order valence-corrected chi connectivity index (χ0v) is 18.8. The van der Waals surface area contributed by atoms with Crippen LogP contribution in [0, 0.1) is 20.2 Å². The van der Waals surface area contributed by atoms with E-state index in [-0.39, 0.29) is 17.1 Å². The summed E-state index contributed by atoms with van der Waals surface area (Å²) in [5, 5.41) is 42.3. The lowest BCUT2D eigenvalue weighted by molar-refractivity contribution is -0.393. The van der Waals surface area contributed by atoms with E-state index in [1.807, 2.05) is 24.3 Å². The summed E-state index contributed by atoms with van der Waals surface area (Å²) in [6, 6.07) is 21.1. The summed E-state index contributed by atoms with van der Waals surface area (Å²) < 4.78 is 0. The van der Waals surface area contributed by atoms with Crippen molar-refractivity contribution in [2.45, 2.75) is 12.5 Å². The number of rotatable bonds is 5. The highest BCUT2D eigenvalue weighted by molar-refractivity contribution is 6.30. The second-order valence-corrected chi connectivity index (χ2v) is 8.47. The minimum absolute atomic E-state index is 0.0664. The Labute approximate surface area is 203 Å². The Morgan fingerprint density at radius 3 is 2.40 bits per heavy atom. The second kappa shape index (κ2) is 8.69. The maximum Gasteiger partial charge on any atom is 0.301 e. The molecule has 35 heavy (non-hydrogen) atoms. The second-order valence-electron chi connectivity index (χ2n) is 8.03. The van der Waals surface area contributed by atoms with Crippen molar-refractivity contribution in [2.75, 3.05) is 5.01 Å². The largest absolute Gasteiger partial charge is 0.507 e. The van der Waals surface area contributed by atoms with E-state index < -0.39 is 21.6 Å². The average molecular weight is 489 g/mol. The van der Waals surface area contributed by atoms with Crippen LogP contribution in [0.5, 0.6) is 5.75 Å². The number of benzene rings is 4. The van der Waals surface area contributed by atoms with Crippen LogP contribution < -0.4 is 5.01 Å². The first-order valence-corrected chi connectivity index (χ1v) is 11.0. The van der Waals surface area contributed by atoms with Crippen molar-refractivity contribution in [1.82, 2.24) is 0 Å². The van der Waals surface area contributed by atoms with Crippen LogP contribution >= 0.6 is 11.6 Å². The number of hydrogen-bond donors (Lipinski definition) is 1. The molecule has 174 valence electrons. The molecular formula is C25H17ClN4O5. The standard InChI is InChI=1S/C25H17ClN4O5/c26-17-8-5-16(6-9-17)23-14-21(20-11-7-15-3-1-2-4-19(15)25(20)31)27-28(23)22-12-10-18(29(32)33)13-24(22)30(34)35/h1-13,23,31H,14H2/t23-/m1/s1. The first kappa shape index (κ1) is 22.3. The number of anilines is 1. The van der Waals surface area contributed by atoms with Gasteiger partial charge in [0.15, 0.2) is 0 Å². The average Bonchev–Trinajstić information content (AvgIpc) is 3.29. The number of nitro groups is 2. The van der Waals surface area contributed by atoms with Crippen LogP contribution in [0.15, 0.2) is 84.0 Å². The first-order valence-electron chi connectivity index (χ1n) is 10.6. The van der Waals surface area contributed by atoms with Crippen LogP contribution in [-0.4, -0.2) is 20.7 Å². The van der Waals surface area contributed by atoms with Gasteiger partial charge in [0, 0.05) is 28.5 Å². The van der Waals surface area contributed by atoms with Gasteiger partial charge in [-0.2, -0.15) is 5.10 Å². The van der Waals surface area contributed by atoms with Gasteiger partial charge in [-0.1, -0.05) is 54.1 Å². The molecule has 0 bridgehead atoms. The van der Waals surface area contributed by atoms with Gasteiger partial charge in [-0.05, 0) is 35.2 Å². The molecule has 1 aliphatic rings. The Morgan fingerprint density at radius 1 is 0.943 bits per heavy atom. The van der Waals surface area contributed by atoms with Crippen LogP contribution in [-0.2, 0) is 0 Å². The van der Waals surface area contributed by atoms with Crippen LogP contribution in [0.25, 0.3) is 10.8 Å². The molecule has 0 amide bonds. The van der Waals surface area contributed by atoms with Gasteiger partial charge in [0.2, 0.25) is 0 Å². The topological polar surface area (TPSA) is 122 Å². The molecule has 1 N–H and O–H groups in total. The summed E-state index contributed by atoms with van der Waals surface area (Å²) in [4.78, 5) is 21.7. The summed E-state index contributed by atoms with van der Waals surface area (Å²) in [5.41, 5.74) is 1.11. The van der Waals surface area contributed by atoms with E-state index in [0.29, 0.717) is 28.1 Å². The fraction of sp³-hybridized carbons (Fsp3) is 0.0800. The van der Waals surface area contributed by atoms with Crippen LogP contribution in [0.2, 0.25) is 5.02 Å². The number of non-ortho nitro benzene ring substituents is 1. The van der Waals surface area contributed by atoms with E-state index in [1.165, 1.54) is 17.1 Å². The summed E-state index contributed by atoms with van der Waals surface area (Å²) >= 11 is 6.06. The summed E-state index contributed by atoms with van der Waals surface area (Å²) in [5.74, 6) is 0.0664. The molecule has 0 fully saturated rings. The fourth-order valence-corrected chi connectivity index (χ4v) is 4.42. The van der Waals surface area contributed by atoms with E-state index in [9.17, 15) is 25.3 Å². The van der Waals surface area contributed by atoms with Gasteiger partial charge in [-0.25, -0.2) is 0 Å². The fourth-order valence-electron chi connectivity index (χ4n) is 4.29. The zero-order valence-electron chi connectivity index (χ0n) is 18.0. The molecule has 1 atom stereocenters. The monoisotopic (exact) mass is 488 g/mol. The Hall–Kier alpha value is -4.50. The van der Waals surface area contributed by atoms with Crippen molar-refractivity contribution >= 4 is 45.1 Å². The Bertz CT molecular complexity index is 1520. The minimum atomic E-state index is -0.681. The number of nitro benzene ring substituents is 2. The summed E-state index contributed by atoms with van der Waals surface area (Å²) in [7, 11) is 0. The van der Waals surface area contributed by atoms with Gasteiger partial charge < -0.3 is 5.11 Å². The number of nitrogens with zero attached hydrogens (tertiary/aromatic N) is 4. The minimum Gasteiger partial charge on any atom is -0.507 e. The summed E-state index contributed by atoms with van der Waals surface area (Å²) in [6.07, 6.45) is 0.335. The molecule has 10 heteroatoms. The smallest absolute Gasteiger partial charge is 0.301 e. The molecule has 0 radical (unpaired) electrons. The lowest BCUT2D eigenvalue weighted by atomic mass is 9.96. The van der Waals surface area contributed by atoms with Crippen molar-refractivity contribution in [3.8, 4) is 5.75 Å². The lowest BCUT2D eigenvalue weighted by Gasteiger charge is -2.23. The molecular weight excluding hydrogens is 472 g/mol. The van der Waals surface area contributed by atoms with E-state index in [1.54, 1.807) is 36.4 Å². The van der Waals surface area contributed by atoms with E-state index >= 15 is 0 Å². The Kier molecular flexibility index (Phi) is 5.54. The maximum atomic E-state index is 11.8. The SMILES string of the molecule is O=[N+]([O-])c1ccc(N2N=C(c3ccc4ccccc4c3O)C[C@@H]2c2ccc(Cl)cc2)c([N+](=O)[O-])c1. The first-order chi connectivity index (χ1) is 16.8. The van der Waals surface area contributed by atoms with Gasteiger partial charge in [0.1, 0.15) is 11.4 Å². The van der Waals surface area contributed by atoms with Crippen molar-refractivity contribution in [2.24, 2.45) is 5.10 Å². The molecule has 0 spiro atoms. The van der Waals surface area contributed by atoms with Gasteiger partial charge in [0.05, 0.1) is 27.7 Å². The maximum absolute atomic E-state index is 11.8. The highest BCUT2D eigenvalue weighted by atomic mass is 35.5. The molecule has 0 unspecified atom stereocenters. The van der Waals surface area contributed by atoms with Crippen molar-refractivity contribution < 1.29 is 15.0 Å². The third-order valence-electron chi connectivity index (χ3n) is 5.99. The highest BCUT2D eigenvalue weighted by Crippen LogP contribution is 2.43. The Balaban J connectivity index is 1.67. The molecule has 5 rings (SSSR count). The third-order valence-corrected chi connectivity index (χ3v) is 6.24. The molecule has 1 aliphatic heterocycles. The quantitative estimate of drug-likeness (QED) is 0.257. The van der Waals surface area contributed by atoms with Crippen molar-refractivity contribution in [1.29, 1.82) is 0 Å². The molecule has 4 aromatic carbocycles. The highest BCUT2D eigenvalue weighted by Gasteiger charge is 2.35. The third kappa shape index (κ3) is 4.02. The van der Waals surface area contributed by atoms with Gasteiger partial charge in [-0.15, -0.1) is 0 Å². The Morgan fingerprint density at radius 2 is 1.69 bits per heavy atom. The zero-order chi connectivity index (χ0) is 24.7. The van der Waals surface area contributed by atoms with Gasteiger partial charge >= 0.3 is 5.69 Å². The number of phenolic OH excluding ortho intramolecular Hbond substituents is 1. The molecule has 0 saturated carbocycles. The van der Waals surface area contributed by atoms with Gasteiger partial charge in [0.25, 0.3) is 5.69 Å². The normalized spacial score (nSPS) is 15.3. The van der Waals surface area contributed by atoms with E-state index in [0.717, 1.165) is 17.0 Å². The molecule has 0 aromatic heterocycles. The number of aromatic hydroxyl groups is 1. The molecule has 0 aliphatic carbocycles.